The first-order valence-corrected chi connectivity index (χ1v) is 11.2. The predicted octanol–water partition coefficient (Wildman–Crippen LogP) is -4.18. The van der Waals surface area contributed by atoms with E-state index >= 15 is 0 Å². The lowest BCUT2D eigenvalue weighted by atomic mass is 10.1. The number of carbonyl (C=O) groups is 6. The molecule has 0 spiro atoms. The van der Waals surface area contributed by atoms with E-state index in [2.05, 4.69) is 30.9 Å². The van der Waals surface area contributed by atoms with Gasteiger partial charge in [0.2, 0.25) is 17.7 Å². The first-order chi connectivity index (χ1) is 17.8. The lowest BCUT2D eigenvalue weighted by Crippen LogP contribution is -2.58. The summed E-state index contributed by atoms with van der Waals surface area (Å²) in [5.41, 5.74) is 16.5. The van der Waals surface area contributed by atoms with Crippen LogP contribution in [0.4, 0.5) is 0 Å². The Morgan fingerprint density at radius 2 is 1.42 bits per heavy atom. The van der Waals surface area contributed by atoms with E-state index in [1.807, 2.05) is 0 Å². The number of nitrogens with one attached hydrogen (secondary N) is 4. The molecule has 0 aliphatic heterocycles. The van der Waals surface area contributed by atoms with Crippen LogP contribution in [-0.2, 0) is 35.2 Å². The highest BCUT2D eigenvalue weighted by atomic mass is 16.4. The maximum absolute atomic E-state index is 12.8. The number of amides is 3. The van der Waals surface area contributed by atoms with Crippen LogP contribution in [0.1, 0.15) is 31.4 Å². The molecule has 4 atom stereocenters. The van der Waals surface area contributed by atoms with Gasteiger partial charge in [-0.25, -0.2) is 9.78 Å². The predicted molar refractivity (Wildman–Crippen MR) is 128 cm³/mol. The first kappa shape index (κ1) is 31.3. The Kier molecular flexibility index (Phi) is 12.7. The summed E-state index contributed by atoms with van der Waals surface area (Å²) < 4.78 is 0. The summed E-state index contributed by atoms with van der Waals surface area (Å²) in [6.45, 7) is 0.173. The topological polar surface area (TPSA) is 318 Å². The molecule has 0 bridgehead atoms. The van der Waals surface area contributed by atoms with Crippen molar-refractivity contribution in [3.63, 3.8) is 0 Å². The number of rotatable bonds is 17. The standard InChI is InChI=1S/C20H31N9O9/c21-10(2-1-3-25-20(22)23)16(34)27-11(5-14(30)31)17(35)28-12(6-15(32)33)18(36)29-13(19(37)38)4-9-7-24-8-26-9/h7-8,10-13H,1-6,21H2,(H,24,26)(H,27,34)(H,28,35)(H,29,36)(H,30,31)(H,32,33)(H,37,38)(H4,22,23,25). The zero-order chi connectivity index (χ0) is 28.8. The second-order valence-electron chi connectivity index (χ2n) is 8.05. The number of carboxylic acid groups (broad SMARTS) is 3. The zero-order valence-corrected chi connectivity index (χ0v) is 20.1. The number of carbonyl (C=O) groups excluding carboxylic acids is 3. The molecular weight excluding hydrogens is 510 g/mol. The summed E-state index contributed by atoms with van der Waals surface area (Å²) in [6.07, 6.45) is 0.879. The summed E-state index contributed by atoms with van der Waals surface area (Å²) in [4.78, 5) is 82.1. The van der Waals surface area contributed by atoms with Gasteiger partial charge in [0, 0.05) is 24.9 Å². The molecule has 210 valence electrons. The average Bonchev–Trinajstić information content (AvgIpc) is 3.32. The number of aromatic nitrogens is 2. The normalized spacial score (nSPS) is 13.7. The second-order valence-corrected chi connectivity index (χ2v) is 8.05. The molecule has 1 aromatic rings. The third kappa shape index (κ3) is 11.8. The molecular formula is C20H31N9O9. The van der Waals surface area contributed by atoms with Crippen molar-refractivity contribution < 1.29 is 44.1 Å². The van der Waals surface area contributed by atoms with Gasteiger partial charge in [0.15, 0.2) is 5.96 Å². The molecule has 3 amide bonds. The number of guanidine groups is 1. The second kappa shape index (κ2) is 15.4. The van der Waals surface area contributed by atoms with Crippen LogP contribution in [-0.4, -0.2) is 97.6 Å². The molecule has 1 rings (SSSR count). The Morgan fingerprint density at radius 1 is 0.895 bits per heavy atom. The number of hydrogen-bond acceptors (Lipinski definition) is 9. The highest BCUT2D eigenvalue weighted by molar-refractivity contribution is 5.96. The number of H-pyrrole nitrogens is 1. The van der Waals surface area contributed by atoms with E-state index in [1.165, 1.54) is 12.5 Å². The minimum absolute atomic E-state index is 0.0843. The average molecular weight is 542 g/mol. The number of nitrogens with zero attached hydrogens (tertiary/aromatic N) is 2. The lowest BCUT2D eigenvalue weighted by molar-refractivity contribution is -0.145. The van der Waals surface area contributed by atoms with Crippen LogP contribution in [0, 0.1) is 0 Å². The van der Waals surface area contributed by atoms with Crippen molar-refractivity contribution in [2.24, 2.45) is 22.2 Å². The smallest absolute Gasteiger partial charge is 0.326 e. The van der Waals surface area contributed by atoms with Crippen molar-refractivity contribution in [3.05, 3.63) is 18.2 Å². The molecule has 0 fully saturated rings. The molecule has 1 aromatic heterocycles. The van der Waals surface area contributed by atoms with Gasteiger partial charge in [-0.3, -0.25) is 29.0 Å². The minimum atomic E-state index is -1.80. The van der Waals surface area contributed by atoms with Gasteiger partial charge in [-0.05, 0) is 12.8 Å². The SMILES string of the molecule is NC(N)=NCCCC(N)C(=O)NC(CC(=O)O)C(=O)NC(CC(=O)O)C(=O)NC(Cc1cnc[nH]1)C(=O)O. The minimum Gasteiger partial charge on any atom is -0.481 e. The maximum atomic E-state index is 12.8. The number of aromatic amines is 1. The summed E-state index contributed by atoms with van der Waals surface area (Å²) in [5, 5.41) is 34.1. The van der Waals surface area contributed by atoms with E-state index in [0.29, 0.717) is 12.1 Å². The number of aliphatic imine (C=N–C) groups is 1. The molecule has 0 aliphatic rings. The summed E-state index contributed by atoms with van der Waals surface area (Å²) >= 11 is 0. The lowest BCUT2D eigenvalue weighted by Gasteiger charge is -2.24. The van der Waals surface area contributed by atoms with Crippen LogP contribution >= 0.6 is 0 Å². The van der Waals surface area contributed by atoms with Crippen LogP contribution < -0.4 is 33.2 Å². The number of carboxylic acids is 3. The Hall–Kier alpha value is -4.74. The molecule has 38 heavy (non-hydrogen) atoms. The Bertz CT molecular complexity index is 1030. The van der Waals surface area contributed by atoms with Gasteiger partial charge in [0.1, 0.15) is 18.1 Å². The number of aliphatic carboxylic acids is 3. The van der Waals surface area contributed by atoms with Gasteiger partial charge in [0.25, 0.3) is 0 Å². The van der Waals surface area contributed by atoms with Crippen LogP contribution in [0.5, 0.6) is 0 Å². The fraction of sp³-hybridized carbons (Fsp3) is 0.500. The van der Waals surface area contributed by atoms with Gasteiger partial charge >= 0.3 is 17.9 Å². The monoisotopic (exact) mass is 541 g/mol. The molecule has 0 saturated heterocycles. The molecule has 18 nitrogen and oxygen atoms in total. The molecule has 0 saturated carbocycles. The molecule has 4 unspecified atom stereocenters. The van der Waals surface area contributed by atoms with Crippen molar-refractivity contribution >= 4 is 41.6 Å². The Balaban J connectivity index is 2.93. The molecule has 0 radical (unpaired) electrons. The number of hydrogen-bond donors (Lipinski definition) is 10. The van der Waals surface area contributed by atoms with E-state index in [9.17, 15) is 33.9 Å². The van der Waals surface area contributed by atoms with E-state index in [0.717, 1.165) is 0 Å². The fourth-order valence-electron chi connectivity index (χ4n) is 3.06. The van der Waals surface area contributed by atoms with Crippen molar-refractivity contribution in [1.82, 2.24) is 25.9 Å². The van der Waals surface area contributed by atoms with Crippen LogP contribution in [0.3, 0.4) is 0 Å². The summed E-state index contributed by atoms with van der Waals surface area (Å²) in [6, 6.07) is -6.20. The maximum Gasteiger partial charge on any atom is 0.326 e. The quantitative estimate of drug-likeness (QED) is 0.0509. The summed E-state index contributed by atoms with van der Waals surface area (Å²) in [5.74, 6) is -7.86. The summed E-state index contributed by atoms with van der Waals surface area (Å²) in [7, 11) is 0. The zero-order valence-electron chi connectivity index (χ0n) is 20.1. The van der Waals surface area contributed by atoms with Crippen molar-refractivity contribution in [1.29, 1.82) is 0 Å². The van der Waals surface area contributed by atoms with E-state index in [1.54, 1.807) is 0 Å². The van der Waals surface area contributed by atoms with Gasteiger partial charge < -0.3 is 53.5 Å². The largest absolute Gasteiger partial charge is 0.481 e. The van der Waals surface area contributed by atoms with Crippen molar-refractivity contribution in [2.45, 2.75) is 56.3 Å². The van der Waals surface area contributed by atoms with Crippen LogP contribution in [0.2, 0.25) is 0 Å². The van der Waals surface area contributed by atoms with Gasteiger partial charge in [-0.2, -0.15) is 0 Å². The fourth-order valence-corrected chi connectivity index (χ4v) is 3.06. The van der Waals surface area contributed by atoms with E-state index < -0.39 is 72.6 Å². The molecule has 0 aromatic carbocycles. The van der Waals surface area contributed by atoms with Crippen molar-refractivity contribution in [2.75, 3.05) is 6.54 Å². The number of imidazole rings is 1. The highest BCUT2D eigenvalue weighted by Gasteiger charge is 2.32. The van der Waals surface area contributed by atoms with Crippen LogP contribution in [0.15, 0.2) is 17.5 Å². The first-order valence-electron chi connectivity index (χ1n) is 11.2. The molecule has 1 heterocycles. The highest BCUT2D eigenvalue weighted by Crippen LogP contribution is 2.04. The van der Waals surface area contributed by atoms with Gasteiger partial charge in [0.05, 0.1) is 25.2 Å². The van der Waals surface area contributed by atoms with Gasteiger partial charge in [-0.1, -0.05) is 0 Å². The van der Waals surface area contributed by atoms with E-state index in [4.69, 9.17) is 27.4 Å². The molecule has 13 N–H and O–H groups in total. The van der Waals surface area contributed by atoms with E-state index in [-0.39, 0.29) is 25.3 Å². The molecule has 18 heteroatoms. The van der Waals surface area contributed by atoms with Crippen LogP contribution in [0.25, 0.3) is 0 Å². The third-order valence-electron chi connectivity index (χ3n) is 4.92. The Labute approximate surface area is 215 Å². The Morgan fingerprint density at radius 3 is 1.87 bits per heavy atom. The number of nitrogens with two attached hydrogens (primary N) is 3. The molecule has 0 aliphatic carbocycles. The van der Waals surface area contributed by atoms with Gasteiger partial charge in [-0.15, -0.1) is 0 Å². The van der Waals surface area contributed by atoms with Crippen molar-refractivity contribution in [3.8, 4) is 0 Å². The third-order valence-corrected chi connectivity index (χ3v) is 4.92.